The van der Waals surface area contributed by atoms with E-state index in [9.17, 15) is 0 Å². The van der Waals surface area contributed by atoms with Gasteiger partial charge in [-0.05, 0) is 119 Å². The Hall–Kier alpha value is -5.19. The second-order valence-electron chi connectivity index (χ2n) is 13.4. The highest BCUT2D eigenvalue weighted by molar-refractivity contribution is 14.1. The fourth-order valence-corrected chi connectivity index (χ4v) is 8.72. The first kappa shape index (κ1) is 33.0. The fraction of sp³-hybridized carbons (Fsp3) is 0.102. The summed E-state index contributed by atoms with van der Waals surface area (Å²) in [5, 5.41) is 10.1. The van der Waals surface area contributed by atoms with Gasteiger partial charge in [0.25, 0.3) is 0 Å². The molecule has 0 aliphatic carbocycles. The van der Waals surface area contributed by atoms with E-state index in [1.165, 1.54) is 89.3 Å². The van der Waals surface area contributed by atoms with Gasteiger partial charge in [0.1, 0.15) is 0 Å². The zero-order valence-electron chi connectivity index (χ0n) is 29.0. The second-order valence-corrected chi connectivity index (χ2v) is 14.9. The van der Waals surface area contributed by atoms with E-state index >= 15 is 0 Å². The molecule has 0 aliphatic rings. The third-order valence-corrected chi connectivity index (χ3v) is 11.5. The van der Waals surface area contributed by atoms with E-state index < -0.39 is 0 Å². The molecular formula is C49H40IN. The van der Waals surface area contributed by atoms with Crippen LogP contribution in [0.25, 0.3) is 82.2 Å². The van der Waals surface area contributed by atoms with Crippen LogP contribution >= 0.6 is 22.6 Å². The normalized spacial score (nSPS) is 12.8. The standard InChI is InChI=1S/C49H40IN/c1-3-5-24-47(51)36-15-10-14-34(31-36)38-20-11-22-40-39(38)21-12-23-41(40)49-44-18-8-6-16-42(44)48(43-17-7-9-19-45(43)49)37-28-26-32-29-35(46(50)13-4-2)27-25-33(32)30-37/h3,5-12,14-31,46H,4,13,51H2,1-2H3/b5-3-,47-24-. The van der Waals surface area contributed by atoms with Gasteiger partial charge in [-0.3, -0.25) is 0 Å². The van der Waals surface area contributed by atoms with Crippen LogP contribution in [-0.2, 0) is 0 Å². The van der Waals surface area contributed by atoms with Crippen LogP contribution in [0.1, 0.15) is 41.7 Å². The minimum Gasteiger partial charge on any atom is -0.398 e. The van der Waals surface area contributed by atoms with Crippen molar-refractivity contribution in [1.29, 1.82) is 0 Å². The molecule has 0 aromatic heterocycles. The van der Waals surface area contributed by atoms with Crippen molar-refractivity contribution in [3.63, 3.8) is 0 Å². The van der Waals surface area contributed by atoms with Gasteiger partial charge < -0.3 is 5.73 Å². The molecule has 0 aliphatic heterocycles. The molecular weight excluding hydrogens is 729 g/mol. The zero-order chi connectivity index (χ0) is 34.9. The van der Waals surface area contributed by atoms with Gasteiger partial charge in [0.05, 0.1) is 0 Å². The predicted octanol–water partition coefficient (Wildman–Crippen LogP) is 14.5. The molecule has 0 saturated carbocycles. The van der Waals surface area contributed by atoms with Gasteiger partial charge in [-0.25, -0.2) is 0 Å². The van der Waals surface area contributed by atoms with Crippen LogP contribution in [0.3, 0.4) is 0 Å². The van der Waals surface area contributed by atoms with Gasteiger partial charge in [-0.15, -0.1) is 0 Å². The number of hydrogen-bond acceptors (Lipinski definition) is 1. The number of halogens is 1. The Morgan fingerprint density at radius 1 is 0.588 bits per heavy atom. The Bertz CT molecular complexity index is 2590. The maximum absolute atomic E-state index is 6.46. The first-order valence-electron chi connectivity index (χ1n) is 17.9. The van der Waals surface area contributed by atoms with E-state index in [1.54, 1.807) is 0 Å². The van der Waals surface area contributed by atoms with Crippen molar-refractivity contribution < 1.29 is 0 Å². The van der Waals surface area contributed by atoms with Gasteiger partial charge in [-0.2, -0.15) is 0 Å². The lowest BCUT2D eigenvalue weighted by molar-refractivity contribution is 0.800. The lowest BCUT2D eigenvalue weighted by Gasteiger charge is -2.20. The number of nitrogens with two attached hydrogens (primary N) is 1. The van der Waals surface area contributed by atoms with Crippen molar-refractivity contribution in [1.82, 2.24) is 0 Å². The third kappa shape index (κ3) is 6.12. The minimum absolute atomic E-state index is 0.539. The monoisotopic (exact) mass is 769 g/mol. The number of alkyl halides is 1. The Kier molecular flexibility index (Phi) is 9.19. The van der Waals surface area contributed by atoms with Crippen LogP contribution in [0.2, 0.25) is 0 Å². The van der Waals surface area contributed by atoms with Crippen molar-refractivity contribution >= 4 is 71.4 Å². The lowest BCUT2D eigenvalue weighted by atomic mass is 9.84. The largest absolute Gasteiger partial charge is 0.398 e. The van der Waals surface area contributed by atoms with Gasteiger partial charge in [0, 0.05) is 9.62 Å². The Labute approximate surface area is 314 Å². The number of hydrogen-bond donors (Lipinski definition) is 1. The molecule has 0 saturated heterocycles. The molecule has 1 atom stereocenters. The summed E-state index contributed by atoms with van der Waals surface area (Å²) in [5.41, 5.74) is 17.0. The topological polar surface area (TPSA) is 26.0 Å². The lowest BCUT2D eigenvalue weighted by Crippen LogP contribution is -1.96. The Morgan fingerprint density at radius 3 is 1.86 bits per heavy atom. The van der Waals surface area contributed by atoms with E-state index in [2.05, 4.69) is 175 Å². The van der Waals surface area contributed by atoms with Crippen molar-refractivity contribution in [2.45, 2.75) is 30.6 Å². The summed E-state index contributed by atoms with van der Waals surface area (Å²) in [5.74, 6) is 0. The molecule has 248 valence electrons. The molecule has 0 radical (unpaired) electrons. The molecule has 8 aromatic carbocycles. The molecule has 1 nitrogen and oxygen atoms in total. The number of benzene rings is 8. The summed E-state index contributed by atoms with van der Waals surface area (Å²) in [4.78, 5) is 0. The molecule has 2 heteroatoms. The second kappa shape index (κ2) is 14.2. The van der Waals surface area contributed by atoms with Crippen LogP contribution in [0.15, 0.2) is 164 Å². The summed E-state index contributed by atoms with van der Waals surface area (Å²) in [6, 6.07) is 53.9. The molecule has 0 spiro atoms. The highest BCUT2D eigenvalue weighted by Crippen LogP contribution is 2.46. The van der Waals surface area contributed by atoms with Gasteiger partial charge >= 0.3 is 0 Å². The maximum atomic E-state index is 6.46. The predicted molar refractivity (Wildman–Crippen MR) is 231 cm³/mol. The Morgan fingerprint density at radius 2 is 1.18 bits per heavy atom. The summed E-state index contributed by atoms with van der Waals surface area (Å²) in [6.07, 6.45) is 8.33. The van der Waals surface area contributed by atoms with Crippen molar-refractivity contribution in [3.8, 4) is 33.4 Å². The average Bonchev–Trinajstić information content (AvgIpc) is 3.18. The third-order valence-electron chi connectivity index (χ3n) is 10.2. The van der Waals surface area contributed by atoms with Crippen molar-refractivity contribution in [2.75, 3.05) is 0 Å². The van der Waals surface area contributed by atoms with Gasteiger partial charge in [-0.1, -0.05) is 182 Å². The van der Waals surface area contributed by atoms with Crippen LogP contribution in [0.5, 0.6) is 0 Å². The molecule has 51 heavy (non-hydrogen) atoms. The summed E-state index contributed by atoms with van der Waals surface area (Å²) in [7, 11) is 0. The first-order chi connectivity index (χ1) is 25.1. The van der Waals surface area contributed by atoms with Crippen LogP contribution < -0.4 is 5.73 Å². The molecule has 1 unspecified atom stereocenters. The smallest absolute Gasteiger partial charge is 0.0387 e. The van der Waals surface area contributed by atoms with Crippen molar-refractivity contribution in [3.05, 3.63) is 175 Å². The first-order valence-corrected chi connectivity index (χ1v) is 19.1. The molecule has 2 N–H and O–H groups in total. The Balaban J connectivity index is 1.33. The van der Waals surface area contributed by atoms with Gasteiger partial charge in [0.2, 0.25) is 0 Å². The average molecular weight is 770 g/mol. The zero-order valence-corrected chi connectivity index (χ0v) is 31.2. The minimum atomic E-state index is 0.539. The number of allylic oxidation sites excluding steroid dienone is 3. The molecule has 0 bridgehead atoms. The van der Waals surface area contributed by atoms with E-state index in [0.717, 1.165) is 16.8 Å². The summed E-state index contributed by atoms with van der Waals surface area (Å²) < 4.78 is 0.539. The van der Waals surface area contributed by atoms with Gasteiger partial charge in [0.15, 0.2) is 0 Å². The number of rotatable bonds is 8. The molecule has 0 amide bonds. The van der Waals surface area contributed by atoms with E-state index in [4.69, 9.17) is 5.73 Å². The summed E-state index contributed by atoms with van der Waals surface area (Å²) >= 11 is 2.59. The van der Waals surface area contributed by atoms with E-state index in [-0.39, 0.29) is 0 Å². The molecule has 0 heterocycles. The highest BCUT2D eigenvalue weighted by atomic mass is 127. The summed E-state index contributed by atoms with van der Waals surface area (Å²) in [6.45, 7) is 4.26. The highest BCUT2D eigenvalue weighted by Gasteiger charge is 2.19. The van der Waals surface area contributed by atoms with E-state index in [0.29, 0.717) is 3.92 Å². The van der Waals surface area contributed by atoms with E-state index in [1.807, 2.05) is 25.2 Å². The molecule has 0 fully saturated rings. The van der Waals surface area contributed by atoms with Crippen LogP contribution in [0.4, 0.5) is 0 Å². The molecule has 8 aromatic rings. The van der Waals surface area contributed by atoms with Crippen molar-refractivity contribution in [2.24, 2.45) is 5.73 Å². The number of fused-ring (bicyclic) bond motifs is 4. The SMILES string of the molecule is C/C=C\C=C(/N)c1cccc(-c2cccc3c(-c4c5ccccc5c(-c5ccc6cc(C(I)CCC)ccc6c5)c5ccccc45)cccc23)c1. The van der Waals surface area contributed by atoms with Crippen LogP contribution in [0, 0.1) is 0 Å². The maximum Gasteiger partial charge on any atom is 0.0387 e. The quantitative estimate of drug-likeness (QED) is 0.0708. The molecule has 8 rings (SSSR count). The fourth-order valence-electron chi connectivity index (χ4n) is 7.71. The van der Waals surface area contributed by atoms with Crippen LogP contribution in [-0.4, -0.2) is 0 Å².